The van der Waals surface area contributed by atoms with E-state index in [0.717, 1.165) is 6.07 Å². The average Bonchev–Trinajstić information content (AvgIpc) is 2.78. The lowest BCUT2D eigenvalue weighted by Crippen LogP contribution is -2.04. The summed E-state index contributed by atoms with van der Waals surface area (Å²) in [4.78, 5) is 11.3. The molecule has 0 amide bonds. The van der Waals surface area contributed by atoms with E-state index >= 15 is 0 Å². The Bertz CT molecular complexity index is 585. The highest BCUT2D eigenvalue weighted by atomic mass is 35.5. The van der Waals surface area contributed by atoms with Crippen LogP contribution in [-0.2, 0) is 4.74 Å². The van der Waals surface area contributed by atoms with E-state index in [-0.39, 0.29) is 23.4 Å². The van der Waals surface area contributed by atoms with Gasteiger partial charge in [0.05, 0.1) is 17.2 Å². The van der Waals surface area contributed by atoms with E-state index in [4.69, 9.17) is 20.8 Å². The molecule has 94 valence electrons. The fraction of sp³-hybridized carbons (Fsp3) is 0.182. The van der Waals surface area contributed by atoms with Gasteiger partial charge >= 0.3 is 11.9 Å². The van der Waals surface area contributed by atoms with E-state index < -0.39 is 11.8 Å². The molecule has 18 heavy (non-hydrogen) atoms. The lowest BCUT2D eigenvalue weighted by molar-refractivity contribution is 0.0481. The maximum atomic E-state index is 12.9. The zero-order chi connectivity index (χ0) is 13.1. The summed E-state index contributed by atoms with van der Waals surface area (Å²) < 4.78 is 22.7. The average molecular weight is 271 g/mol. The van der Waals surface area contributed by atoms with Crippen LogP contribution in [0, 0.1) is 5.82 Å². The van der Waals surface area contributed by atoms with Gasteiger partial charge in [-0.3, -0.25) is 0 Å². The zero-order valence-electron chi connectivity index (χ0n) is 9.31. The van der Waals surface area contributed by atoms with E-state index in [1.54, 1.807) is 6.92 Å². The summed E-state index contributed by atoms with van der Waals surface area (Å²) in [6.45, 7) is 1.86. The van der Waals surface area contributed by atoms with Crippen molar-refractivity contribution in [3.63, 3.8) is 0 Å². The van der Waals surface area contributed by atoms with Crippen molar-refractivity contribution >= 4 is 17.6 Å². The van der Waals surface area contributed by atoms with Crippen molar-refractivity contribution in [3.8, 4) is 11.5 Å². The number of halogens is 2. The molecular formula is C11H8ClFN2O3. The van der Waals surface area contributed by atoms with Crippen LogP contribution in [-0.4, -0.2) is 22.8 Å². The summed E-state index contributed by atoms with van der Waals surface area (Å²) in [6, 6.07) is 3.71. The van der Waals surface area contributed by atoms with Gasteiger partial charge in [-0.15, -0.1) is 10.2 Å². The number of hydrogen-bond acceptors (Lipinski definition) is 5. The monoisotopic (exact) mass is 270 g/mol. The number of rotatable bonds is 3. The van der Waals surface area contributed by atoms with Crippen molar-refractivity contribution in [3.05, 3.63) is 34.9 Å². The third-order valence-corrected chi connectivity index (χ3v) is 2.35. The summed E-state index contributed by atoms with van der Waals surface area (Å²) >= 11 is 5.83. The molecule has 0 N–H and O–H groups in total. The number of carbonyl (C=O) groups excluding carboxylic acids is 1. The number of aromatic nitrogens is 2. The van der Waals surface area contributed by atoms with Crippen LogP contribution in [0.2, 0.25) is 5.02 Å². The van der Waals surface area contributed by atoms with Crippen molar-refractivity contribution in [1.29, 1.82) is 0 Å². The molecule has 5 nitrogen and oxygen atoms in total. The standard InChI is InChI=1S/C11H8ClFN2O3/c1-2-17-11(16)10-15-14-9(18-10)7-4-3-6(13)5-8(7)12/h3-5H,2H2,1H3. The molecule has 7 heteroatoms. The van der Waals surface area contributed by atoms with Crippen molar-refractivity contribution in [2.45, 2.75) is 6.92 Å². The first kappa shape index (κ1) is 12.5. The Morgan fingerprint density at radius 1 is 1.50 bits per heavy atom. The molecule has 0 aliphatic carbocycles. The second-order valence-electron chi connectivity index (χ2n) is 3.26. The van der Waals surface area contributed by atoms with Crippen LogP contribution in [0.25, 0.3) is 11.5 Å². The Balaban J connectivity index is 2.32. The number of ether oxygens (including phenoxy) is 1. The molecule has 1 aromatic heterocycles. The van der Waals surface area contributed by atoms with Gasteiger partial charge in [-0.25, -0.2) is 9.18 Å². The highest BCUT2D eigenvalue weighted by Gasteiger charge is 2.18. The maximum Gasteiger partial charge on any atom is 0.396 e. The Labute approximate surface area is 107 Å². The molecule has 2 aromatic rings. The van der Waals surface area contributed by atoms with Crippen molar-refractivity contribution in [1.82, 2.24) is 10.2 Å². The van der Waals surface area contributed by atoms with Crippen LogP contribution in [0.3, 0.4) is 0 Å². The fourth-order valence-corrected chi connectivity index (χ4v) is 1.52. The smallest absolute Gasteiger partial charge is 0.396 e. The van der Waals surface area contributed by atoms with E-state index in [0.29, 0.717) is 5.56 Å². The Kier molecular flexibility index (Phi) is 3.57. The third-order valence-electron chi connectivity index (χ3n) is 2.04. The van der Waals surface area contributed by atoms with Gasteiger partial charge in [0.25, 0.3) is 0 Å². The van der Waals surface area contributed by atoms with Crippen LogP contribution >= 0.6 is 11.6 Å². The summed E-state index contributed by atoms with van der Waals surface area (Å²) in [6.07, 6.45) is 0. The minimum absolute atomic E-state index is 0.0306. The SMILES string of the molecule is CCOC(=O)c1nnc(-c2ccc(F)cc2Cl)o1. The van der Waals surface area contributed by atoms with Gasteiger partial charge < -0.3 is 9.15 Å². The normalized spacial score (nSPS) is 10.4. The van der Waals surface area contributed by atoms with Gasteiger partial charge in [0.15, 0.2) is 0 Å². The first-order valence-electron chi connectivity index (χ1n) is 5.08. The molecule has 2 rings (SSSR count). The molecule has 0 saturated heterocycles. The minimum atomic E-state index is -0.713. The van der Waals surface area contributed by atoms with Gasteiger partial charge in [-0.1, -0.05) is 11.6 Å². The van der Waals surface area contributed by atoms with Gasteiger partial charge in [-0.05, 0) is 25.1 Å². The van der Waals surface area contributed by atoms with Crippen molar-refractivity contribution in [2.75, 3.05) is 6.61 Å². The summed E-state index contributed by atoms with van der Waals surface area (Å²) in [5, 5.41) is 7.31. The molecule has 0 unspecified atom stereocenters. The molecule has 0 fully saturated rings. The van der Waals surface area contributed by atoms with E-state index in [2.05, 4.69) is 10.2 Å². The number of benzene rings is 1. The van der Waals surface area contributed by atoms with Crippen LogP contribution in [0.5, 0.6) is 0 Å². The molecule has 1 aromatic carbocycles. The Morgan fingerprint density at radius 2 is 2.28 bits per heavy atom. The van der Waals surface area contributed by atoms with Crippen molar-refractivity contribution in [2.24, 2.45) is 0 Å². The minimum Gasteiger partial charge on any atom is -0.459 e. The van der Waals surface area contributed by atoms with Gasteiger partial charge in [0.2, 0.25) is 5.89 Å². The lowest BCUT2D eigenvalue weighted by atomic mass is 10.2. The van der Waals surface area contributed by atoms with Crippen LogP contribution in [0.4, 0.5) is 4.39 Å². The summed E-state index contributed by atoms with van der Waals surface area (Å²) in [5.41, 5.74) is 0.348. The maximum absolute atomic E-state index is 12.9. The van der Waals surface area contributed by atoms with Crippen LogP contribution < -0.4 is 0 Å². The van der Waals surface area contributed by atoms with Gasteiger partial charge in [-0.2, -0.15) is 0 Å². The molecule has 0 aliphatic rings. The number of nitrogens with zero attached hydrogens (tertiary/aromatic N) is 2. The summed E-state index contributed by atoms with van der Waals surface area (Å²) in [7, 11) is 0. The first-order valence-corrected chi connectivity index (χ1v) is 5.45. The number of esters is 1. The molecule has 0 radical (unpaired) electrons. The lowest BCUT2D eigenvalue weighted by Gasteiger charge is -1.98. The molecule has 0 saturated carbocycles. The van der Waals surface area contributed by atoms with Gasteiger partial charge in [0, 0.05) is 0 Å². The second-order valence-corrected chi connectivity index (χ2v) is 3.66. The second kappa shape index (κ2) is 5.14. The van der Waals surface area contributed by atoms with Crippen LogP contribution in [0.1, 0.15) is 17.6 Å². The predicted octanol–water partition coefficient (Wildman–Crippen LogP) is 2.71. The molecule has 1 heterocycles. The highest BCUT2D eigenvalue weighted by molar-refractivity contribution is 6.33. The fourth-order valence-electron chi connectivity index (χ4n) is 1.27. The Morgan fingerprint density at radius 3 is 2.94 bits per heavy atom. The third kappa shape index (κ3) is 2.48. The summed E-state index contributed by atoms with van der Waals surface area (Å²) in [5.74, 6) is -1.43. The zero-order valence-corrected chi connectivity index (χ0v) is 10.1. The Hall–Kier alpha value is -1.95. The largest absolute Gasteiger partial charge is 0.459 e. The topological polar surface area (TPSA) is 65.2 Å². The molecule has 0 atom stereocenters. The number of carbonyl (C=O) groups is 1. The molecule has 0 aliphatic heterocycles. The number of hydrogen-bond donors (Lipinski definition) is 0. The van der Waals surface area contributed by atoms with E-state index in [9.17, 15) is 9.18 Å². The molecule has 0 bridgehead atoms. The molecular weight excluding hydrogens is 263 g/mol. The first-order chi connectivity index (χ1) is 8.61. The van der Waals surface area contributed by atoms with E-state index in [1.807, 2.05) is 0 Å². The van der Waals surface area contributed by atoms with Gasteiger partial charge in [0.1, 0.15) is 5.82 Å². The van der Waals surface area contributed by atoms with Crippen LogP contribution in [0.15, 0.2) is 22.6 Å². The highest BCUT2D eigenvalue weighted by Crippen LogP contribution is 2.27. The quantitative estimate of drug-likeness (QED) is 0.802. The van der Waals surface area contributed by atoms with Crippen molar-refractivity contribution < 1.29 is 18.3 Å². The molecule has 0 spiro atoms. The predicted molar refractivity (Wildman–Crippen MR) is 60.7 cm³/mol. The van der Waals surface area contributed by atoms with E-state index in [1.165, 1.54) is 12.1 Å².